The minimum atomic E-state index is -0.655. The molecule has 1 saturated carbocycles. The Bertz CT molecular complexity index is 1020. The molecular weight excluding hydrogens is 404 g/mol. The quantitative estimate of drug-likeness (QED) is 0.731. The van der Waals surface area contributed by atoms with Gasteiger partial charge in [-0.25, -0.2) is 14.7 Å². The summed E-state index contributed by atoms with van der Waals surface area (Å²) >= 11 is 1.46. The fraction of sp³-hybridized carbons (Fsp3) is 0.600. The average Bonchev–Trinajstić information content (AvgIpc) is 3.30. The number of aromatic nitrogens is 2. The van der Waals surface area contributed by atoms with Crippen LogP contribution in [0.15, 0.2) is 22.4 Å². The maximum atomic E-state index is 13.0. The largest absolute Gasteiger partial charge is 0.326 e. The number of nitrogens with zero attached hydrogens (tertiary/aromatic N) is 5. The first-order valence-electron chi connectivity index (χ1n) is 10.6. The number of carbonyl (C=O) groups is 2. The van der Waals surface area contributed by atoms with Gasteiger partial charge < -0.3 is 5.32 Å². The van der Waals surface area contributed by atoms with E-state index in [1.165, 1.54) is 16.2 Å². The highest BCUT2D eigenvalue weighted by molar-refractivity contribution is 7.15. The Labute approximate surface area is 178 Å². The lowest BCUT2D eigenvalue weighted by Gasteiger charge is -2.36. The Hall–Kier alpha value is -2.30. The number of nitrogens with one attached hydrogen (secondary N) is 1. The van der Waals surface area contributed by atoms with Crippen LogP contribution >= 0.6 is 11.3 Å². The number of thiazole rings is 1. The monoisotopic (exact) mass is 430 g/mol. The number of carbonyl (C=O) groups excluding carboxylic acids is 2. The van der Waals surface area contributed by atoms with Gasteiger partial charge in [0.2, 0.25) is 0 Å². The molecule has 0 bridgehead atoms. The van der Waals surface area contributed by atoms with Crippen molar-refractivity contribution in [3.05, 3.63) is 33.7 Å². The number of piperazine rings is 1. The Balaban J connectivity index is 1.17. The van der Waals surface area contributed by atoms with E-state index in [1.54, 1.807) is 16.7 Å². The summed E-state index contributed by atoms with van der Waals surface area (Å²) in [4.78, 5) is 48.7. The number of fused-ring (bicyclic) bond motifs is 1. The molecule has 0 aromatic carbocycles. The van der Waals surface area contributed by atoms with Crippen molar-refractivity contribution >= 4 is 28.2 Å². The number of amides is 3. The SMILES string of the molecule is O=C1NC2(CCCCC2)C(=O)N1CN1CCN(Cc2cc(=O)n3ccsc3n2)CC1. The number of hydrogen-bond acceptors (Lipinski definition) is 7. The Morgan fingerprint density at radius 3 is 2.53 bits per heavy atom. The van der Waals surface area contributed by atoms with E-state index in [4.69, 9.17) is 0 Å². The van der Waals surface area contributed by atoms with E-state index < -0.39 is 5.54 Å². The Morgan fingerprint density at radius 1 is 1.03 bits per heavy atom. The summed E-state index contributed by atoms with van der Waals surface area (Å²) in [7, 11) is 0. The molecule has 2 saturated heterocycles. The van der Waals surface area contributed by atoms with Crippen molar-refractivity contribution in [1.82, 2.24) is 29.4 Å². The smallest absolute Gasteiger partial charge is 0.323 e. The second kappa shape index (κ2) is 7.75. The zero-order valence-electron chi connectivity index (χ0n) is 16.9. The lowest BCUT2D eigenvalue weighted by Crippen LogP contribution is -2.52. The Morgan fingerprint density at radius 2 is 1.77 bits per heavy atom. The molecular formula is C20H26N6O3S. The standard InChI is InChI=1S/C20H26N6O3S/c27-16-12-15(21-19-25(16)10-11-30-19)13-23-6-8-24(9-7-23)14-26-17(28)20(22-18(26)29)4-2-1-3-5-20/h10-12H,1-9,13-14H2,(H,22,29). The minimum Gasteiger partial charge on any atom is -0.323 e. The van der Waals surface area contributed by atoms with Crippen LogP contribution in [-0.2, 0) is 11.3 Å². The average molecular weight is 431 g/mol. The summed E-state index contributed by atoms with van der Waals surface area (Å²) in [5.41, 5.74) is 0.0754. The fourth-order valence-electron chi connectivity index (χ4n) is 4.79. The van der Waals surface area contributed by atoms with Crippen LogP contribution in [0.25, 0.3) is 4.96 Å². The first-order valence-corrected chi connectivity index (χ1v) is 11.5. The van der Waals surface area contributed by atoms with Gasteiger partial charge in [-0.15, -0.1) is 11.3 Å². The van der Waals surface area contributed by atoms with E-state index in [2.05, 4.69) is 20.1 Å². The molecule has 1 N–H and O–H groups in total. The molecule has 3 amide bonds. The summed E-state index contributed by atoms with van der Waals surface area (Å²) in [6.45, 7) is 4.12. The molecule has 2 aliphatic heterocycles. The molecule has 1 aliphatic carbocycles. The lowest BCUT2D eigenvalue weighted by molar-refractivity contribution is -0.134. The highest BCUT2D eigenvalue weighted by atomic mass is 32.1. The molecule has 30 heavy (non-hydrogen) atoms. The van der Waals surface area contributed by atoms with E-state index >= 15 is 0 Å². The number of urea groups is 1. The second-order valence-electron chi connectivity index (χ2n) is 8.48. The molecule has 0 radical (unpaired) electrons. The van der Waals surface area contributed by atoms with E-state index in [-0.39, 0.29) is 17.5 Å². The third-order valence-electron chi connectivity index (χ3n) is 6.50. The summed E-state index contributed by atoms with van der Waals surface area (Å²) in [5, 5.41) is 4.84. The summed E-state index contributed by atoms with van der Waals surface area (Å²) in [5.74, 6) is -0.0523. The van der Waals surface area contributed by atoms with E-state index in [1.807, 2.05) is 5.38 Å². The second-order valence-corrected chi connectivity index (χ2v) is 9.36. The molecule has 4 heterocycles. The zero-order chi connectivity index (χ0) is 20.7. The molecule has 2 aromatic rings. The third-order valence-corrected chi connectivity index (χ3v) is 7.26. The van der Waals surface area contributed by atoms with Crippen LogP contribution in [0.5, 0.6) is 0 Å². The van der Waals surface area contributed by atoms with E-state index in [0.29, 0.717) is 18.2 Å². The van der Waals surface area contributed by atoms with Crippen LogP contribution in [-0.4, -0.2) is 74.4 Å². The van der Waals surface area contributed by atoms with Crippen LogP contribution in [0, 0.1) is 0 Å². The maximum Gasteiger partial charge on any atom is 0.326 e. The van der Waals surface area contributed by atoms with Gasteiger partial charge in [0.25, 0.3) is 11.5 Å². The van der Waals surface area contributed by atoms with Gasteiger partial charge in [-0.1, -0.05) is 19.3 Å². The van der Waals surface area contributed by atoms with Crippen LogP contribution in [0.1, 0.15) is 37.8 Å². The van der Waals surface area contributed by atoms with Gasteiger partial charge in [0.15, 0.2) is 4.96 Å². The van der Waals surface area contributed by atoms with Gasteiger partial charge in [0, 0.05) is 50.4 Å². The molecule has 10 heteroatoms. The van der Waals surface area contributed by atoms with Crippen LogP contribution in [0.3, 0.4) is 0 Å². The van der Waals surface area contributed by atoms with Crippen molar-refractivity contribution in [3.8, 4) is 0 Å². The topological polar surface area (TPSA) is 90.3 Å². The molecule has 1 spiro atoms. The minimum absolute atomic E-state index is 0.0508. The van der Waals surface area contributed by atoms with E-state index in [0.717, 1.165) is 64.0 Å². The van der Waals surface area contributed by atoms with E-state index in [9.17, 15) is 14.4 Å². The van der Waals surface area contributed by atoms with Gasteiger partial charge in [-0.3, -0.25) is 23.8 Å². The highest BCUT2D eigenvalue weighted by Crippen LogP contribution is 2.33. The van der Waals surface area contributed by atoms with Gasteiger partial charge in [-0.2, -0.15) is 0 Å². The predicted molar refractivity (Wildman–Crippen MR) is 112 cm³/mol. The van der Waals surface area contributed by atoms with Gasteiger partial charge >= 0.3 is 6.03 Å². The zero-order valence-corrected chi connectivity index (χ0v) is 17.7. The molecule has 5 rings (SSSR count). The van der Waals surface area contributed by atoms with Gasteiger partial charge in [0.1, 0.15) is 5.54 Å². The Kier molecular flexibility index (Phi) is 5.08. The molecule has 0 unspecified atom stereocenters. The summed E-state index contributed by atoms with van der Waals surface area (Å²) in [6, 6.07) is 1.35. The molecule has 0 atom stereocenters. The lowest BCUT2D eigenvalue weighted by atomic mass is 9.82. The molecule has 2 aromatic heterocycles. The van der Waals surface area contributed by atoms with Crippen molar-refractivity contribution in [2.24, 2.45) is 0 Å². The van der Waals surface area contributed by atoms with Crippen molar-refractivity contribution in [2.75, 3.05) is 32.8 Å². The summed E-state index contributed by atoms with van der Waals surface area (Å²) < 4.78 is 1.56. The summed E-state index contributed by atoms with van der Waals surface area (Å²) in [6.07, 6.45) is 6.37. The molecule has 3 aliphatic rings. The van der Waals surface area contributed by atoms with Crippen molar-refractivity contribution in [2.45, 2.75) is 44.2 Å². The van der Waals surface area contributed by atoms with Gasteiger partial charge in [0.05, 0.1) is 12.4 Å². The fourth-order valence-corrected chi connectivity index (χ4v) is 5.52. The van der Waals surface area contributed by atoms with Crippen molar-refractivity contribution < 1.29 is 9.59 Å². The van der Waals surface area contributed by atoms with Crippen molar-refractivity contribution in [3.63, 3.8) is 0 Å². The number of imide groups is 1. The molecule has 9 nitrogen and oxygen atoms in total. The first-order chi connectivity index (χ1) is 14.5. The molecule has 160 valence electrons. The number of rotatable bonds is 4. The molecule has 3 fully saturated rings. The third kappa shape index (κ3) is 3.52. The maximum absolute atomic E-state index is 13.0. The normalized spacial score (nSPS) is 22.9. The predicted octanol–water partition coefficient (Wildman–Crippen LogP) is 1.09. The number of hydrogen-bond donors (Lipinski definition) is 1. The van der Waals surface area contributed by atoms with Crippen LogP contribution < -0.4 is 10.9 Å². The van der Waals surface area contributed by atoms with Crippen molar-refractivity contribution in [1.29, 1.82) is 0 Å². The van der Waals surface area contributed by atoms with Crippen LogP contribution in [0.2, 0.25) is 0 Å². The first kappa shape index (κ1) is 19.7. The van der Waals surface area contributed by atoms with Crippen LogP contribution in [0.4, 0.5) is 4.79 Å². The highest BCUT2D eigenvalue weighted by Gasteiger charge is 2.51. The van der Waals surface area contributed by atoms with Gasteiger partial charge in [-0.05, 0) is 12.8 Å².